The minimum atomic E-state index is -1.32. The number of hydrogen-bond donors (Lipinski definition) is 4. The van der Waals surface area contributed by atoms with E-state index in [1.807, 2.05) is 30.3 Å². The SMILES string of the molecule is CC(C)(C)OC(=O)NC(CS)C(=O)N(C1CCC1)C(C(=O)NC(Cc1ccccc1)C(=O)OC(C)(C)C)c1ccccc1O. The zero-order valence-electron chi connectivity index (χ0n) is 26.3. The van der Waals surface area contributed by atoms with Crippen LogP contribution in [-0.4, -0.2) is 69.0 Å². The Morgan fingerprint density at radius 3 is 2.00 bits per heavy atom. The summed E-state index contributed by atoms with van der Waals surface area (Å²) in [5.41, 5.74) is -0.626. The number of benzene rings is 2. The standard InChI is InChI=1S/C33H45N3O7S/c1-32(2,3)42-30(40)24(19-21-13-8-7-9-14-21)34-28(38)27(23-17-10-11-18-26(23)37)36(22-15-12-16-22)29(39)25(20-44)35-31(41)43-33(4,5)6/h7-11,13-14,17-18,22,24-25,27,37,44H,12,15-16,19-20H2,1-6H3,(H,34,38)(H,35,41). The Balaban J connectivity index is 2.03. The fourth-order valence-corrected chi connectivity index (χ4v) is 5.05. The summed E-state index contributed by atoms with van der Waals surface area (Å²) in [6.07, 6.45) is 1.42. The number of para-hydroxylation sites is 1. The van der Waals surface area contributed by atoms with Crippen LogP contribution in [-0.2, 0) is 30.3 Å². The molecule has 0 heterocycles. The number of amides is 3. The first-order valence-electron chi connectivity index (χ1n) is 14.9. The van der Waals surface area contributed by atoms with E-state index in [1.165, 1.54) is 11.0 Å². The molecule has 0 aliphatic heterocycles. The summed E-state index contributed by atoms with van der Waals surface area (Å²) in [6.45, 7) is 10.3. The van der Waals surface area contributed by atoms with Crippen LogP contribution in [0.4, 0.5) is 4.79 Å². The van der Waals surface area contributed by atoms with Gasteiger partial charge in [-0.05, 0) is 72.4 Å². The lowest BCUT2D eigenvalue weighted by molar-refractivity contribution is -0.159. The minimum Gasteiger partial charge on any atom is -0.508 e. The molecule has 1 aliphatic rings. The first kappa shape index (κ1) is 34.8. The molecule has 240 valence electrons. The molecule has 2 aromatic rings. The lowest BCUT2D eigenvalue weighted by Crippen LogP contribution is -2.59. The predicted octanol–water partition coefficient (Wildman–Crippen LogP) is 4.71. The number of carbonyl (C=O) groups is 4. The van der Waals surface area contributed by atoms with Gasteiger partial charge in [-0.15, -0.1) is 0 Å². The number of alkyl carbamates (subject to hydrolysis) is 1. The van der Waals surface area contributed by atoms with Crippen molar-refractivity contribution < 1.29 is 33.8 Å². The monoisotopic (exact) mass is 627 g/mol. The summed E-state index contributed by atoms with van der Waals surface area (Å²) in [5, 5.41) is 16.3. The third kappa shape index (κ3) is 9.90. The van der Waals surface area contributed by atoms with Crippen LogP contribution >= 0.6 is 12.6 Å². The van der Waals surface area contributed by atoms with Crippen LogP contribution in [0.3, 0.4) is 0 Å². The maximum atomic E-state index is 14.3. The third-order valence-electron chi connectivity index (χ3n) is 6.94. The smallest absolute Gasteiger partial charge is 0.408 e. The summed E-state index contributed by atoms with van der Waals surface area (Å²) in [6, 6.07) is 11.6. The van der Waals surface area contributed by atoms with Crippen LogP contribution in [0.25, 0.3) is 0 Å². The Bertz CT molecular complexity index is 1300. The molecule has 0 radical (unpaired) electrons. The normalized spacial score (nSPS) is 15.6. The van der Waals surface area contributed by atoms with Gasteiger partial charge in [0.2, 0.25) is 11.8 Å². The molecule has 3 amide bonds. The van der Waals surface area contributed by atoms with Crippen molar-refractivity contribution in [2.75, 3.05) is 5.75 Å². The van der Waals surface area contributed by atoms with Gasteiger partial charge in [0.05, 0.1) is 0 Å². The summed E-state index contributed by atoms with van der Waals surface area (Å²) in [7, 11) is 0. The summed E-state index contributed by atoms with van der Waals surface area (Å²) in [5.74, 6) is -2.12. The highest BCUT2D eigenvalue weighted by molar-refractivity contribution is 7.80. The molecule has 11 heteroatoms. The first-order chi connectivity index (χ1) is 20.6. The van der Waals surface area contributed by atoms with Gasteiger partial charge in [-0.3, -0.25) is 9.59 Å². The number of hydrogen-bond acceptors (Lipinski definition) is 8. The number of ether oxygens (including phenoxy) is 2. The second-order valence-electron chi connectivity index (χ2n) is 13.0. The molecule has 3 rings (SSSR count). The van der Waals surface area contributed by atoms with Gasteiger partial charge in [0.25, 0.3) is 0 Å². The van der Waals surface area contributed by atoms with Crippen LogP contribution < -0.4 is 10.6 Å². The van der Waals surface area contributed by atoms with Crippen LogP contribution in [0.1, 0.15) is 78.0 Å². The van der Waals surface area contributed by atoms with E-state index < -0.39 is 53.2 Å². The van der Waals surface area contributed by atoms with Crippen molar-refractivity contribution in [3.05, 3.63) is 65.7 Å². The highest BCUT2D eigenvalue weighted by atomic mass is 32.1. The molecule has 0 aromatic heterocycles. The molecule has 3 N–H and O–H groups in total. The van der Waals surface area contributed by atoms with E-state index in [-0.39, 0.29) is 29.5 Å². The van der Waals surface area contributed by atoms with Gasteiger partial charge in [-0.25, -0.2) is 9.59 Å². The zero-order valence-corrected chi connectivity index (χ0v) is 27.2. The Morgan fingerprint density at radius 2 is 1.48 bits per heavy atom. The molecule has 1 aliphatic carbocycles. The van der Waals surface area contributed by atoms with E-state index in [4.69, 9.17) is 9.47 Å². The number of esters is 1. The molecule has 0 spiro atoms. The zero-order chi connectivity index (χ0) is 32.7. The van der Waals surface area contributed by atoms with Gasteiger partial charge in [-0.1, -0.05) is 48.5 Å². The Labute approximate surface area is 265 Å². The van der Waals surface area contributed by atoms with Gasteiger partial charge in [0.1, 0.15) is 35.1 Å². The van der Waals surface area contributed by atoms with Gasteiger partial charge in [0.15, 0.2) is 0 Å². The van der Waals surface area contributed by atoms with Crippen molar-refractivity contribution in [1.82, 2.24) is 15.5 Å². The molecule has 0 bridgehead atoms. The first-order valence-corrected chi connectivity index (χ1v) is 15.5. The van der Waals surface area contributed by atoms with Crippen molar-refractivity contribution in [2.45, 2.75) is 103 Å². The van der Waals surface area contributed by atoms with E-state index in [0.29, 0.717) is 12.8 Å². The topological polar surface area (TPSA) is 134 Å². The van der Waals surface area contributed by atoms with Crippen LogP contribution in [0, 0.1) is 0 Å². The number of nitrogens with zero attached hydrogens (tertiary/aromatic N) is 1. The van der Waals surface area contributed by atoms with Gasteiger partial charge >= 0.3 is 12.1 Å². The second-order valence-corrected chi connectivity index (χ2v) is 13.3. The van der Waals surface area contributed by atoms with E-state index >= 15 is 0 Å². The van der Waals surface area contributed by atoms with Crippen LogP contribution in [0.15, 0.2) is 54.6 Å². The van der Waals surface area contributed by atoms with Gasteiger partial charge < -0.3 is 30.1 Å². The lowest BCUT2D eigenvalue weighted by Gasteiger charge is -2.43. The molecular formula is C33H45N3O7S. The van der Waals surface area contributed by atoms with Crippen molar-refractivity contribution in [3.8, 4) is 5.75 Å². The number of rotatable bonds is 11. The van der Waals surface area contributed by atoms with Gasteiger partial charge in [-0.2, -0.15) is 12.6 Å². The highest BCUT2D eigenvalue weighted by Gasteiger charge is 2.43. The Kier molecular flexibility index (Phi) is 11.7. The van der Waals surface area contributed by atoms with E-state index in [9.17, 15) is 24.3 Å². The number of phenols is 1. The van der Waals surface area contributed by atoms with Gasteiger partial charge in [0, 0.05) is 23.8 Å². The van der Waals surface area contributed by atoms with E-state index in [2.05, 4.69) is 23.3 Å². The Hall–Kier alpha value is -3.73. The molecule has 44 heavy (non-hydrogen) atoms. The quantitative estimate of drug-likeness (QED) is 0.210. The van der Waals surface area contributed by atoms with Crippen molar-refractivity contribution in [3.63, 3.8) is 0 Å². The lowest BCUT2D eigenvalue weighted by atomic mass is 9.88. The third-order valence-corrected chi connectivity index (χ3v) is 7.31. The second kappa shape index (κ2) is 14.8. The minimum absolute atomic E-state index is 0.0645. The maximum Gasteiger partial charge on any atom is 0.408 e. The summed E-state index contributed by atoms with van der Waals surface area (Å²) in [4.78, 5) is 55.9. The van der Waals surface area contributed by atoms with E-state index in [1.54, 1.807) is 59.7 Å². The predicted molar refractivity (Wildman–Crippen MR) is 170 cm³/mol. The molecule has 1 fully saturated rings. The fourth-order valence-electron chi connectivity index (χ4n) is 4.80. The molecule has 2 aromatic carbocycles. The number of phenolic OH excluding ortho intramolecular Hbond substituents is 1. The highest BCUT2D eigenvalue weighted by Crippen LogP contribution is 2.37. The van der Waals surface area contributed by atoms with E-state index in [0.717, 1.165) is 12.0 Å². The number of aromatic hydroxyl groups is 1. The Morgan fingerprint density at radius 1 is 0.886 bits per heavy atom. The maximum absolute atomic E-state index is 14.3. The average molecular weight is 628 g/mol. The van der Waals surface area contributed by atoms with Crippen LogP contribution in [0.5, 0.6) is 5.75 Å². The fraction of sp³-hybridized carbons (Fsp3) is 0.515. The number of carbonyl (C=O) groups excluding carboxylic acids is 4. The van der Waals surface area contributed by atoms with Crippen LogP contribution in [0.2, 0.25) is 0 Å². The summed E-state index contributed by atoms with van der Waals surface area (Å²) < 4.78 is 11.0. The molecule has 3 atom stereocenters. The molecule has 3 unspecified atom stereocenters. The molecule has 10 nitrogen and oxygen atoms in total. The number of nitrogens with one attached hydrogen (secondary N) is 2. The molecular weight excluding hydrogens is 582 g/mol. The molecule has 0 saturated heterocycles. The largest absolute Gasteiger partial charge is 0.508 e. The van der Waals surface area contributed by atoms with Crippen molar-refractivity contribution >= 4 is 36.5 Å². The molecule has 1 saturated carbocycles. The number of thiol groups is 1. The van der Waals surface area contributed by atoms with Crippen molar-refractivity contribution in [2.24, 2.45) is 0 Å². The van der Waals surface area contributed by atoms with Crippen molar-refractivity contribution in [1.29, 1.82) is 0 Å². The summed E-state index contributed by atoms with van der Waals surface area (Å²) >= 11 is 4.33. The average Bonchev–Trinajstić information content (AvgIpc) is 2.89.